The Morgan fingerprint density at radius 1 is 1.08 bits per heavy atom. The van der Waals surface area contributed by atoms with Gasteiger partial charge in [-0.2, -0.15) is 0 Å². The Morgan fingerprint density at radius 2 is 1.88 bits per heavy atom. The molecule has 6 nitrogen and oxygen atoms in total. The van der Waals surface area contributed by atoms with E-state index in [1.807, 2.05) is 43.3 Å². The summed E-state index contributed by atoms with van der Waals surface area (Å²) in [5, 5.41) is 6.56. The van der Waals surface area contributed by atoms with Crippen LogP contribution in [0.25, 0.3) is 0 Å². The van der Waals surface area contributed by atoms with Crippen LogP contribution < -0.4 is 20.1 Å². The molecule has 1 heterocycles. The summed E-state index contributed by atoms with van der Waals surface area (Å²) in [5.74, 6) is 2.70. The average molecular weight is 356 g/mol. The van der Waals surface area contributed by atoms with E-state index in [4.69, 9.17) is 9.47 Å². The lowest BCUT2D eigenvalue weighted by Crippen LogP contribution is -2.37. The van der Waals surface area contributed by atoms with Crippen LogP contribution in [0.2, 0.25) is 0 Å². The van der Waals surface area contributed by atoms with Crippen molar-refractivity contribution in [1.82, 2.24) is 15.6 Å². The minimum Gasteiger partial charge on any atom is -0.490 e. The van der Waals surface area contributed by atoms with Gasteiger partial charge in [0.1, 0.15) is 0 Å². The second-order valence-electron chi connectivity index (χ2n) is 5.69. The highest BCUT2D eigenvalue weighted by molar-refractivity contribution is 5.79. The fourth-order valence-electron chi connectivity index (χ4n) is 2.29. The highest BCUT2D eigenvalue weighted by Gasteiger charge is 2.06. The second-order valence-corrected chi connectivity index (χ2v) is 5.69. The first-order valence-electron chi connectivity index (χ1n) is 9.06. The van der Waals surface area contributed by atoms with Gasteiger partial charge in [-0.15, -0.1) is 0 Å². The number of nitrogens with one attached hydrogen (secondary N) is 2. The van der Waals surface area contributed by atoms with Crippen LogP contribution in [0, 0.1) is 0 Å². The van der Waals surface area contributed by atoms with E-state index in [1.54, 1.807) is 13.2 Å². The van der Waals surface area contributed by atoms with Crippen molar-refractivity contribution in [1.29, 1.82) is 0 Å². The fraction of sp³-hybridized carbons (Fsp3) is 0.400. The summed E-state index contributed by atoms with van der Waals surface area (Å²) in [7, 11) is 1.77. The molecular weight excluding hydrogens is 328 g/mol. The molecule has 140 valence electrons. The van der Waals surface area contributed by atoms with Crippen molar-refractivity contribution in [3.8, 4) is 17.4 Å². The number of aromatic nitrogens is 1. The minimum absolute atomic E-state index is 0.534. The smallest absolute Gasteiger partial charge is 0.219 e. The lowest BCUT2D eigenvalue weighted by atomic mass is 10.3. The SMILES string of the molecule is CCCCNC(=NC)NCc1ccc(Oc2ccccc2OCC)nc1. The molecule has 0 unspecified atom stereocenters. The Kier molecular flexibility index (Phi) is 8.26. The molecule has 1 aromatic carbocycles. The van der Waals surface area contributed by atoms with Crippen molar-refractivity contribution < 1.29 is 9.47 Å². The van der Waals surface area contributed by atoms with E-state index in [9.17, 15) is 0 Å². The van der Waals surface area contributed by atoms with E-state index < -0.39 is 0 Å². The third-order valence-electron chi connectivity index (χ3n) is 3.67. The third kappa shape index (κ3) is 6.27. The van der Waals surface area contributed by atoms with E-state index in [0.717, 1.165) is 30.9 Å². The topological polar surface area (TPSA) is 67.8 Å². The first-order valence-corrected chi connectivity index (χ1v) is 9.06. The minimum atomic E-state index is 0.534. The number of nitrogens with zero attached hydrogens (tertiary/aromatic N) is 2. The van der Waals surface area contributed by atoms with E-state index >= 15 is 0 Å². The second kappa shape index (κ2) is 11.0. The summed E-state index contributed by atoms with van der Waals surface area (Å²) in [4.78, 5) is 8.59. The molecule has 2 aromatic rings. The number of aliphatic imine (C=N–C) groups is 1. The average Bonchev–Trinajstić information content (AvgIpc) is 2.67. The number of pyridine rings is 1. The van der Waals surface area contributed by atoms with E-state index in [-0.39, 0.29) is 0 Å². The molecular formula is C20H28N4O2. The zero-order valence-corrected chi connectivity index (χ0v) is 15.8. The van der Waals surface area contributed by atoms with Gasteiger partial charge in [0.2, 0.25) is 5.88 Å². The first-order chi connectivity index (χ1) is 12.8. The molecule has 2 rings (SSSR count). The lowest BCUT2D eigenvalue weighted by Gasteiger charge is -2.12. The van der Waals surface area contributed by atoms with E-state index in [0.29, 0.717) is 30.5 Å². The third-order valence-corrected chi connectivity index (χ3v) is 3.67. The highest BCUT2D eigenvalue weighted by Crippen LogP contribution is 2.30. The summed E-state index contributed by atoms with van der Waals surface area (Å²) in [6.07, 6.45) is 4.07. The normalized spacial score (nSPS) is 11.1. The van der Waals surface area contributed by atoms with Crippen LogP contribution in [0.1, 0.15) is 32.3 Å². The van der Waals surface area contributed by atoms with E-state index in [1.165, 1.54) is 0 Å². The van der Waals surface area contributed by atoms with Crippen molar-refractivity contribution in [3.05, 3.63) is 48.2 Å². The molecule has 0 radical (unpaired) electrons. The molecule has 0 aliphatic carbocycles. The van der Waals surface area contributed by atoms with Crippen molar-refractivity contribution >= 4 is 5.96 Å². The number of hydrogen-bond donors (Lipinski definition) is 2. The van der Waals surface area contributed by atoms with Gasteiger partial charge in [-0.25, -0.2) is 4.98 Å². The van der Waals surface area contributed by atoms with Gasteiger partial charge in [0.05, 0.1) is 6.61 Å². The standard InChI is InChI=1S/C20H28N4O2/c1-4-6-13-22-20(21-3)24-15-16-11-12-19(23-14-16)26-18-10-8-7-9-17(18)25-5-2/h7-12,14H,4-6,13,15H2,1-3H3,(H2,21,22,24). The van der Waals surface area contributed by atoms with Gasteiger partial charge in [0.25, 0.3) is 0 Å². The van der Waals surface area contributed by atoms with Crippen molar-refractivity contribution in [2.24, 2.45) is 4.99 Å². The van der Waals surface area contributed by atoms with Gasteiger partial charge in [-0.3, -0.25) is 4.99 Å². The number of hydrogen-bond acceptors (Lipinski definition) is 4. The molecule has 2 N–H and O–H groups in total. The molecule has 0 fully saturated rings. The zero-order chi connectivity index (χ0) is 18.6. The molecule has 0 atom stereocenters. The maximum Gasteiger partial charge on any atom is 0.219 e. The number of guanidine groups is 1. The van der Waals surface area contributed by atoms with Crippen LogP contribution in [0.15, 0.2) is 47.6 Å². The first kappa shape index (κ1) is 19.6. The highest BCUT2D eigenvalue weighted by atomic mass is 16.5. The van der Waals surface area contributed by atoms with Gasteiger partial charge in [-0.1, -0.05) is 31.5 Å². The van der Waals surface area contributed by atoms with Crippen LogP contribution in [-0.2, 0) is 6.54 Å². The summed E-state index contributed by atoms with van der Waals surface area (Å²) >= 11 is 0. The van der Waals surface area contributed by atoms with Gasteiger partial charge < -0.3 is 20.1 Å². The molecule has 0 saturated carbocycles. The van der Waals surface area contributed by atoms with Gasteiger partial charge in [0.15, 0.2) is 17.5 Å². The van der Waals surface area contributed by atoms with Crippen molar-refractivity contribution in [3.63, 3.8) is 0 Å². The predicted octanol–water partition coefficient (Wildman–Crippen LogP) is 3.74. The van der Waals surface area contributed by atoms with Gasteiger partial charge in [0, 0.05) is 32.4 Å². The number of rotatable bonds is 9. The fourth-order valence-corrected chi connectivity index (χ4v) is 2.29. The molecule has 0 aliphatic rings. The van der Waals surface area contributed by atoms with Crippen LogP contribution >= 0.6 is 0 Å². The Bertz CT molecular complexity index is 686. The quantitative estimate of drug-likeness (QED) is 0.407. The molecule has 0 spiro atoms. The summed E-state index contributed by atoms with van der Waals surface area (Å²) < 4.78 is 11.4. The van der Waals surface area contributed by atoms with Crippen LogP contribution in [0.3, 0.4) is 0 Å². The lowest BCUT2D eigenvalue weighted by molar-refractivity contribution is 0.319. The molecule has 0 aliphatic heterocycles. The van der Waals surface area contributed by atoms with E-state index in [2.05, 4.69) is 27.5 Å². The Morgan fingerprint density at radius 3 is 2.54 bits per heavy atom. The van der Waals surface area contributed by atoms with Crippen molar-refractivity contribution in [2.75, 3.05) is 20.2 Å². The molecule has 26 heavy (non-hydrogen) atoms. The van der Waals surface area contributed by atoms with Crippen LogP contribution in [0.5, 0.6) is 17.4 Å². The Hall–Kier alpha value is -2.76. The maximum absolute atomic E-state index is 5.84. The Balaban J connectivity index is 1.90. The van der Waals surface area contributed by atoms with Gasteiger partial charge >= 0.3 is 0 Å². The molecule has 0 saturated heterocycles. The van der Waals surface area contributed by atoms with Crippen LogP contribution in [0.4, 0.5) is 0 Å². The molecule has 0 bridgehead atoms. The molecule has 1 aromatic heterocycles. The number of ether oxygens (including phenoxy) is 2. The molecule has 0 amide bonds. The number of benzene rings is 1. The van der Waals surface area contributed by atoms with Crippen molar-refractivity contribution in [2.45, 2.75) is 33.2 Å². The molecule has 6 heteroatoms. The summed E-state index contributed by atoms with van der Waals surface area (Å²) in [6, 6.07) is 11.4. The van der Waals surface area contributed by atoms with Gasteiger partial charge in [-0.05, 0) is 31.0 Å². The summed E-state index contributed by atoms with van der Waals surface area (Å²) in [5.41, 5.74) is 1.05. The zero-order valence-electron chi connectivity index (χ0n) is 15.8. The summed E-state index contributed by atoms with van der Waals surface area (Å²) in [6.45, 7) is 6.27. The Labute approximate surface area is 155 Å². The number of unbranched alkanes of at least 4 members (excludes halogenated alkanes) is 1. The van der Waals surface area contributed by atoms with Crippen LogP contribution in [-0.4, -0.2) is 31.1 Å². The maximum atomic E-state index is 5.84. The monoisotopic (exact) mass is 356 g/mol. The number of para-hydroxylation sites is 2. The predicted molar refractivity (Wildman–Crippen MR) is 105 cm³/mol. The largest absolute Gasteiger partial charge is 0.490 e.